The molecule has 0 aliphatic heterocycles. The van der Waals surface area contributed by atoms with Crippen LogP contribution in [-0.4, -0.2) is 45.9 Å². The molecule has 0 unspecified atom stereocenters. The van der Waals surface area contributed by atoms with E-state index in [0.29, 0.717) is 40.4 Å². The lowest BCUT2D eigenvalue weighted by atomic mass is 10.1. The number of carbonyl (C=O) groups excluding carboxylic acids is 2. The monoisotopic (exact) mass is 444 g/mol. The molecule has 1 aromatic heterocycles. The second-order valence-corrected chi connectivity index (χ2v) is 7.78. The molecule has 7 nitrogen and oxygen atoms in total. The van der Waals surface area contributed by atoms with Crippen LogP contribution in [0.1, 0.15) is 17.3 Å². The van der Waals surface area contributed by atoms with Gasteiger partial charge in [-0.15, -0.1) is 10.2 Å². The van der Waals surface area contributed by atoms with E-state index in [-0.39, 0.29) is 17.4 Å². The standard InChI is InChI=1S/C21H21ClN4O3S/c1-14(27)17-5-3-4-6-18(17)23-19(28)13-30-21-25-24-20(26(21)11-12-29-2)15-7-9-16(22)10-8-15/h3-10H,11-13H2,1-2H3,(H,23,28). The summed E-state index contributed by atoms with van der Waals surface area (Å²) in [5, 5.41) is 12.6. The van der Waals surface area contributed by atoms with Crippen LogP contribution >= 0.6 is 23.4 Å². The number of thioether (sulfide) groups is 1. The Morgan fingerprint density at radius 1 is 1.13 bits per heavy atom. The normalized spacial score (nSPS) is 10.8. The maximum absolute atomic E-state index is 12.5. The molecule has 9 heteroatoms. The Morgan fingerprint density at radius 2 is 1.87 bits per heavy atom. The van der Waals surface area contributed by atoms with Gasteiger partial charge in [-0.1, -0.05) is 35.5 Å². The Bertz CT molecular complexity index is 1040. The van der Waals surface area contributed by atoms with E-state index in [1.165, 1.54) is 18.7 Å². The highest BCUT2D eigenvalue weighted by molar-refractivity contribution is 7.99. The van der Waals surface area contributed by atoms with Crippen molar-refractivity contribution in [2.24, 2.45) is 0 Å². The predicted molar refractivity (Wildman–Crippen MR) is 118 cm³/mol. The number of aromatic nitrogens is 3. The van der Waals surface area contributed by atoms with E-state index in [4.69, 9.17) is 16.3 Å². The molecular weight excluding hydrogens is 424 g/mol. The number of rotatable bonds is 9. The van der Waals surface area contributed by atoms with E-state index in [1.807, 2.05) is 16.7 Å². The molecule has 0 fully saturated rings. The summed E-state index contributed by atoms with van der Waals surface area (Å²) in [5.74, 6) is 0.458. The molecule has 0 aliphatic carbocycles. The van der Waals surface area contributed by atoms with Crippen molar-refractivity contribution in [3.8, 4) is 11.4 Å². The Kier molecular flexibility index (Phi) is 7.62. The number of amides is 1. The van der Waals surface area contributed by atoms with Gasteiger partial charge in [0.15, 0.2) is 16.8 Å². The molecule has 156 valence electrons. The van der Waals surface area contributed by atoms with E-state index in [2.05, 4.69) is 15.5 Å². The SMILES string of the molecule is COCCn1c(SCC(=O)Nc2ccccc2C(C)=O)nnc1-c1ccc(Cl)cc1. The number of para-hydroxylation sites is 1. The minimum Gasteiger partial charge on any atom is -0.383 e. The number of nitrogens with zero attached hydrogens (tertiary/aromatic N) is 3. The average molecular weight is 445 g/mol. The van der Waals surface area contributed by atoms with Gasteiger partial charge >= 0.3 is 0 Å². The van der Waals surface area contributed by atoms with Crippen molar-refractivity contribution in [3.63, 3.8) is 0 Å². The van der Waals surface area contributed by atoms with Gasteiger partial charge in [0, 0.05) is 23.3 Å². The lowest BCUT2D eigenvalue weighted by Gasteiger charge is -2.11. The summed E-state index contributed by atoms with van der Waals surface area (Å²) in [7, 11) is 1.62. The van der Waals surface area contributed by atoms with Crippen molar-refractivity contribution in [3.05, 3.63) is 59.1 Å². The number of hydrogen-bond acceptors (Lipinski definition) is 6. The van der Waals surface area contributed by atoms with Crippen LogP contribution < -0.4 is 5.32 Å². The first-order valence-corrected chi connectivity index (χ1v) is 10.6. The van der Waals surface area contributed by atoms with Crippen LogP contribution in [0.5, 0.6) is 0 Å². The molecule has 30 heavy (non-hydrogen) atoms. The molecule has 0 bridgehead atoms. The molecule has 0 saturated carbocycles. The number of halogens is 1. The van der Waals surface area contributed by atoms with Crippen LogP contribution in [-0.2, 0) is 16.1 Å². The maximum atomic E-state index is 12.5. The molecule has 0 atom stereocenters. The summed E-state index contributed by atoms with van der Waals surface area (Å²) in [6.07, 6.45) is 0. The number of anilines is 1. The van der Waals surface area contributed by atoms with Crippen LogP contribution in [0.15, 0.2) is 53.7 Å². The van der Waals surface area contributed by atoms with Gasteiger partial charge in [-0.05, 0) is 43.3 Å². The zero-order valence-electron chi connectivity index (χ0n) is 16.6. The van der Waals surface area contributed by atoms with Crippen LogP contribution in [0, 0.1) is 0 Å². The molecule has 1 N–H and O–H groups in total. The van der Waals surface area contributed by atoms with Crippen molar-refractivity contribution in [1.82, 2.24) is 14.8 Å². The molecule has 0 spiro atoms. The van der Waals surface area contributed by atoms with Gasteiger partial charge in [0.1, 0.15) is 0 Å². The van der Waals surface area contributed by atoms with Gasteiger partial charge in [0.2, 0.25) is 5.91 Å². The van der Waals surface area contributed by atoms with E-state index in [0.717, 1.165) is 5.56 Å². The number of ketones is 1. The summed E-state index contributed by atoms with van der Waals surface area (Å²) < 4.78 is 7.11. The van der Waals surface area contributed by atoms with E-state index >= 15 is 0 Å². The Labute approximate surface area is 183 Å². The zero-order chi connectivity index (χ0) is 21.5. The number of nitrogens with one attached hydrogen (secondary N) is 1. The van der Waals surface area contributed by atoms with Gasteiger partial charge < -0.3 is 10.1 Å². The van der Waals surface area contributed by atoms with Crippen molar-refractivity contribution in [1.29, 1.82) is 0 Å². The topological polar surface area (TPSA) is 86.1 Å². The second-order valence-electron chi connectivity index (χ2n) is 6.40. The summed E-state index contributed by atoms with van der Waals surface area (Å²) in [5.41, 5.74) is 1.84. The first-order chi connectivity index (χ1) is 14.5. The van der Waals surface area contributed by atoms with Crippen molar-refractivity contribution in [2.45, 2.75) is 18.6 Å². The number of methoxy groups -OCH3 is 1. The van der Waals surface area contributed by atoms with Crippen molar-refractivity contribution >= 4 is 40.7 Å². The molecule has 3 rings (SSSR count). The van der Waals surface area contributed by atoms with Crippen LogP contribution in [0.2, 0.25) is 5.02 Å². The molecule has 0 radical (unpaired) electrons. The van der Waals surface area contributed by atoms with E-state index in [9.17, 15) is 9.59 Å². The molecule has 1 amide bonds. The summed E-state index contributed by atoms with van der Waals surface area (Å²) in [6, 6.07) is 14.2. The highest BCUT2D eigenvalue weighted by Gasteiger charge is 2.16. The Hall–Kier alpha value is -2.68. The second kappa shape index (κ2) is 10.4. The van der Waals surface area contributed by atoms with Gasteiger partial charge in [-0.25, -0.2) is 0 Å². The number of carbonyl (C=O) groups is 2. The Balaban J connectivity index is 1.74. The molecule has 0 saturated heterocycles. The fraction of sp³-hybridized carbons (Fsp3) is 0.238. The maximum Gasteiger partial charge on any atom is 0.234 e. The van der Waals surface area contributed by atoms with Crippen LogP contribution in [0.25, 0.3) is 11.4 Å². The van der Waals surface area contributed by atoms with Crippen molar-refractivity contribution in [2.75, 3.05) is 24.8 Å². The minimum absolute atomic E-state index is 0.106. The number of ether oxygens (including phenoxy) is 1. The summed E-state index contributed by atoms with van der Waals surface area (Å²) in [4.78, 5) is 24.2. The lowest BCUT2D eigenvalue weighted by molar-refractivity contribution is -0.113. The first-order valence-electron chi connectivity index (χ1n) is 9.20. The fourth-order valence-corrected chi connectivity index (χ4v) is 3.70. The third-order valence-corrected chi connectivity index (χ3v) is 5.47. The van der Waals surface area contributed by atoms with Crippen molar-refractivity contribution < 1.29 is 14.3 Å². The molecule has 3 aromatic rings. The van der Waals surface area contributed by atoms with Gasteiger partial charge in [-0.3, -0.25) is 14.2 Å². The van der Waals surface area contributed by atoms with E-state index in [1.54, 1.807) is 43.5 Å². The largest absolute Gasteiger partial charge is 0.383 e. The van der Waals surface area contributed by atoms with Gasteiger partial charge in [0.05, 0.1) is 24.6 Å². The minimum atomic E-state index is -0.233. The summed E-state index contributed by atoms with van der Waals surface area (Å²) >= 11 is 7.25. The van der Waals surface area contributed by atoms with Crippen LogP contribution in [0.4, 0.5) is 5.69 Å². The number of hydrogen-bond donors (Lipinski definition) is 1. The highest BCUT2D eigenvalue weighted by atomic mass is 35.5. The quantitative estimate of drug-likeness (QED) is 0.393. The lowest BCUT2D eigenvalue weighted by Crippen LogP contribution is -2.17. The van der Waals surface area contributed by atoms with E-state index < -0.39 is 0 Å². The molecule has 0 aliphatic rings. The molecule has 1 heterocycles. The fourth-order valence-electron chi connectivity index (χ4n) is 2.81. The highest BCUT2D eigenvalue weighted by Crippen LogP contribution is 2.25. The molecule has 2 aromatic carbocycles. The average Bonchev–Trinajstić information content (AvgIpc) is 3.14. The predicted octanol–water partition coefficient (Wildman–Crippen LogP) is 4.18. The molecular formula is C21H21ClN4O3S. The zero-order valence-corrected chi connectivity index (χ0v) is 18.2. The number of Topliss-reactive ketones (excluding diaryl/α,β-unsaturated/α-hetero) is 1. The third kappa shape index (κ3) is 5.47. The van der Waals surface area contributed by atoms with Crippen LogP contribution in [0.3, 0.4) is 0 Å². The number of benzene rings is 2. The smallest absolute Gasteiger partial charge is 0.234 e. The summed E-state index contributed by atoms with van der Waals surface area (Å²) in [6.45, 7) is 2.49. The third-order valence-electron chi connectivity index (χ3n) is 4.25. The van der Waals surface area contributed by atoms with Gasteiger partial charge in [0.25, 0.3) is 0 Å². The Morgan fingerprint density at radius 3 is 2.57 bits per heavy atom. The first kappa shape index (κ1) is 22.0. The van der Waals surface area contributed by atoms with Gasteiger partial charge in [-0.2, -0.15) is 0 Å².